The van der Waals surface area contributed by atoms with Gasteiger partial charge in [-0.1, -0.05) is 13.8 Å². The quantitative estimate of drug-likeness (QED) is 0.925. The zero-order valence-corrected chi connectivity index (χ0v) is 12.9. The first kappa shape index (κ1) is 13.5. The Labute approximate surface area is 116 Å². The van der Waals surface area contributed by atoms with E-state index in [0.29, 0.717) is 12.6 Å². The number of piperidine rings is 1. The second-order valence-corrected chi connectivity index (χ2v) is 7.79. The Morgan fingerprint density at radius 3 is 2.53 bits per heavy atom. The van der Waals surface area contributed by atoms with E-state index >= 15 is 0 Å². The number of hydrogen-bond acceptors (Lipinski definition) is 3. The summed E-state index contributed by atoms with van der Waals surface area (Å²) < 4.78 is 1.20. The number of halogens is 1. The van der Waals surface area contributed by atoms with Crippen LogP contribution in [0.15, 0.2) is 15.9 Å². The molecule has 0 radical (unpaired) electrons. The molecule has 1 saturated heterocycles. The van der Waals surface area contributed by atoms with Gasteiger partial charge in [-0.3, -0.25) is 4.90 Å². The van der Waals surface area contributed by atoms with Crippen LogP contribution in [-0.4, -0.2) is 24.5 Å². The molecule has 2 N–H and O–H groups in total. The van der Waals surface area contributed by atoms with E-state index in [-0.39, 0.29) is 0 Å². The predicted molar refractivity (Wildman–Crippen MR) is 78.3 cm³/mol. The van der Waals surface area contributed by atoms with E-state index in [1.807, 2.05) is 11.3 Å². The highest BCUT2D eigenvalue weighted by molar-refractivity contribution is 9.11. The number of nitrogens with two attached hydrogens (primary N) is 1. The average Bonchev–Trinajstić information content (AvgIpc) is 2.64. The minimum Gasteiger partial charge on any atom is -0.329 e. The largest absolute Gasteiger partial charge is 0.329 e. The van der Waals surface area contributed by atoms with Gasteiger partial charge in [0, 0.05) is 24.5 Å². The Bertz CT molecular complexity index is 356. The van der Waals surface area contributed by atoms with Gasteiger partial charge in [0.05, 0.1) is 9.83 Å². The van der Waals surface area contributed by atoms with Crippen LogP contribution in [0.1, 0.15) is 31.2 Å². The lowest BCUT2D eigenvalue weighted by atomic mass is 9.90. The zero-order chi connectivity index (χ0) is 12.4. The van der Waals surface area contributed by atoms with Crippen molar-refractivity contribution in [1.29, 1.82) is 0 Å². The van der Waals surface area contributed by atoms with Crippen molar-refractivity contribution in [3.63, 3.8) is 0 Å². The number of likely N-dealkylation sites (tertiary alicyclic amines) is 1. The molecule has 0 bridgehead atoms. The van der Waals surface area contributed by atoms with Crippen LogP contribution >= 0.6 is 27.3 Å². The van der Waals surface area contributed by atoms with E-state index in [9.17, 15) is 0 Å². The fraction of sp³-hybridized carbons (Fsp3) is 0.692. The molecule has 0 aromatic carbocycles. The zero-order valence-electron chi connectivity index (χ0n) is 10.5. The lowest BCUT2D eigenvalue weighted by Crippen LogP contribution is -2.43. The molecule has 1 aliphatic rings. The van der Waals surface area contributed by atoms with Gasteiger partial charge in [-0.25, -0.2) is 0 Å². The van der Waals surface area contributed by atoms with Crippen molar-refractivity contribution < 1.29 is 0 Å². The Hall–Kier alpha value is 0.1000. The maximum absolute atomic E-state index is 5.99. The summed E-state index contributed by atoms with van der Waals surface area (Å²) in [6, 6.07) is 4.73. The highest BCUT2D eigenvalue weighted by atomic mass is 79.9. The molecule has 1 fully saturated rings. The third-order valence-corrected chi connectivity index (χ3v) is 5.21. The molecule has 0 amide bonds. The van der Waals surface area contributed by atoms with Crippen molar-refractivity contribution in [1.82, 2.24) is 4.90 Å². The molecule has 4 heteroatoms. The molecule has 0 aliphatic carbocycles. The van der Waals surface area contributed by atoms with Crippen LogP contribution in [0.5, 0.6) is 0 Å². The van der Waals surface area contributed by atoms with Crippen molar-refractivity contribution in [3.05, 3.63) is 20.8 Å². The summed E-state index contributed by atoms with van der Waals surface area (Å²) in [5, 5.41) is 0. The standard InChI is InChI=1S/C13H21BrN2S/c1-9-5-10(2)8-16(7-9)11(6-15)12-3-4-13(14)17-12/h3-4,9-11H,5-8,15H2,1-2H3. The van der Waals surface area contributed by atoms with E-state index in [2.05, 4.69) is 46.8 Å². The molecule has 0 saturated carbocycles. The van der Waals surface area contributed by atoms with Gasteiger partial charge in [0.1, 0.15) is 0 Å². The molecule has 2 heterocycles. The molecular weight excluding hydrogens is 296 g/mol. The van der Waals surface area contributed by atoms with Gasteiger partial charge in [-0.05, 0) is 46.3 Å². The van der Waals surface area contributed by atoms with Gasteiger partial charge in [0.15, 0.2) is 0 Å². The molecule has 2 rings (SSSR count). The summed E-state index contributed by atoms with van der Waals surface area (Å²) in [6.45, 7) is 7.77. The second kappa shape index (κ2) is 5.83. The number of hydrogen-bond donors (Lipinski definition) is 1. The number of thiophene rings is 1. The van der Waals surface area contributed by atoms with Gasteiger partial charge < -0.3 is 5.73 Å². The number of rotatable bonds is 3. The number of nitrogens with zero attached hydrogens (tertiary/aromatic N) is 1. The monoisotopic (exact) mass is 316 g/mol. The normalized spacial score (nSPS) is 28.2. The summed E-state index contributed by atoms with van der Waals surface area (Å²) in [5.41, 5.74) is 5.99. The lowest BCUT2D eigenvalue weighted by molar-refractivity contribution is 0.0999. The minimum atomic E-state index is 0.400. The van der Waals surface area contributed by atoms with Crippen molar-refractivity contribution >= 4 is 27.3 Å². The Morgan fingerprint density at radius 1 is 1.41 bits per heavy atom. The van der Waals surface area contributed by atoms with Gasteiger partial charge in [-0.2, -0.15) is 0 Å². The Morgan fingerprint density at radius 2 is 2.06 bits per heavy atom. The molecule has 1 aromatic rings. The van der Waals surface area contributed by atoms with Gasteiger partial charge in [-0.15, -0.1) is 11.3 Å². The van der Waals surface area contributed by atoms with Crippen LogP contribution in [0.3, 0.4) is 0 Å². The van der Waals surface area contributed by atoms with Crippen LogP contribution < -0.4 is 5.73 Å². The van der Waals surface area contributed by atoms with E-state index < -0.39 is 0 Å². The smallest absolute Gasteiger partial charge is 0.0702 e. The van der Waals surface area contributed by atoms with Crippen molar-refractivity contribution in [2.45, 2.75) is 26.3 Å². The molecule has 3 unspecified atom stereocenters. The van der Waals surface area contributed by atoms with Crippen molar-refractivity contribution in [2.24, 2.45) is 17.6 Å². The lowest BCUT2D eigenvalue weighted by Gasteiger charge is -2.39. The SMILES string of the molecule is CC1CC(C)CN(C(CN)c2ccc(Br)s2)C1. The molecular formula is C13H21BrN2S. The first-order valence-corrected chi connectivity index (χ1v) is 7.90. The van der Waals surface area contributed by atoms with E-state index in [4.69, 9.17) is 5.73 Å². The fourth-order valence-corrected chi connectivity index (χ4v) is 4.49. The maximum atomic E-state index is 5.99. The fourth-order valence-electron chi connectivity index (χ4n) is 2.92. The van der Waals surface area contributed by atoms with Crippen LogP contribution in [0.25, 0.3) is 0 Å². The van der Waals surface area contributed by atoms with Crippen LogP contribution in [-0.2, 0) is 0 Å². The maximum Gasteiger partial charge on any atom is 0.0702 e. The van der Waals surface area contributed by atoms with Crippen molar-refractivity contribution in [3.8, 4) is 0 Å². The van der Waals surface area contributed by atoms with E-state index in [1.54, 1.807) is 0 Å². The molecule has 1 aliphatic heterocycles. The Kier molecular flexibility index (Phi) is 4.64. The van der Waals surface area contributed by atoms with E-state index in [0.717, 1.165) is 11.8 Å². The average molecular weight is 317 g/mol. The summed E-state index contributed by atoms with van der Waals surface area (Å²) in [6.07, 6.45) is 1.35. The summed E-state index contributed by atoms with van der Waals surface area (Å²) in [5.74, 6) is 1.58. The summed E-state index contributed by atoms with van der Waals surface area (Å²) in [7, 11) is 0. The molecule has 0 spiro atoms. The topological polar surface area (TPSA) is 29.3 Å². The highest BCUT2D eigenvalue weighted by Gasteiger charge is 2.28. The molecule has 96 valence electrons. The van der Waals surface area contributed by atoms with Crippen LogP contribution in [0, 0.1) is 11.8 Å². The first-order chi connectivity index (χ1) is 8.10. The van der Waals surface area contributed by atoms with Gasteiger partial charge >= 0.3 is 0 Å². The molecule has 2 nitrogen and oxygen atoms in total. The molecule has 17 heavy (non-hydrogen) atoms. The van der Waals surface area contributed by atoms with Crippen LogP contribution in [0.2, 0.25) is 0 Å². The van der Waals surface area contributed by atoms with Crippen LogP contribution in [0.4, 0.5) is 0 Å². The predicted octanol–water partition coefficient (Wildman–Crippen LogP) is 3.49. The highest BCUT2D eigenvalue weighted by Crippen LogP contribution is 2.33. The Balaban J connectivity index is 2.12. The third-order valence-electron chi connectivity index (χ3n) is 3.48. The summed E-state index contributed by atoms with van der Waals surface area (Å²) in [4.78, 5) is 3.96. The second-order valence-electron chi connectivity index (χ2n) is 5.29. The van der Waals surface area contributed by atoms with Gasteiger partial charge in [0.25, 0.3) is 0 Å². The van der Waals surface area contributed by atoms with E-state index in [1.165, 1.54) is 28.2 Å². The first-order valence-electron chi connectivity index (χ1n) is 6.29. The van der Waals surface area contributed by atoms with Gasteiger partial charge in [0.2, 0.25) is 0 Å². The summed E-state index contributed by atoms with van der Waals surface area (Å²) >= 11 is 5.35. The van der Waals surface area contributed by atoms with Crippen molar-refractivity contribution in [2.75, 3.05) is 19.6 Å². The molecule has 1 aromatic heterocycles. The third kappa shape index (κ3) is 3.31. The minimum absolute atomic E-state index is 0.400. The molecule has 3 atom stereocenters.